The first-order valence-corrected chi connectivity index (χ1v) is 13.4. The first-order valence-electron chi connectivity index (χ1n) is 13.4. The number of nitrogens with one attached hydrogen (secondary N) is 1. The zero-order valence-electron chi connectivity index (χ0n) is 22.2. The van der Waals surface area contributed by atoms with E-state index in [2.05, 4.69) is 15.6 Å². The molecule has 0 bridgehead atoms. The molecule has 1 aliphatic carbocycles. The molecule has 9 nitrogen and oxygen atoms in total. The summed E-state index contributed by atoms with van der Waals surface area (Å²) in [4.78, 5) is 30.0. The van der Waals surface area contributed by atoms with Gasteiger partial charge in [0.05, 0.1) is 24.9 Å². The quantitative estimate of drug-likeness (QED) is 0.322. The third-order valence-electron chi connectivity index (χ3n) is 7.04. The van der Waals surface area contributed by atoms with E-state index in [0.717, 1.165) is 31.2 Å². The number of fused-ring (bicyclic) bond motifs is 1. The van der Waals surface area contributed by atoms with E-state index in [0.29, 0.717) is 34.9 Å². The summed E-state index contributed by atoms with van der Waals surface area (Å²) >= 11 is 0. The lowest BCUT2D eigenvalue weighted by Crippen LogP contribution is -2.47. The molecule has 0 radical (unpaired) electrons. The number of methoxy groups -OCH3 is 1. The van der Waals surface area contributed by atoms with E-state index >= 15 is 0 Å². The van der Waals surface area contributed by atoms with Crippen LogP contribution in [0.25, 0.3) is 11.0 Å². The largest absolute Gasteiger partial charge is 0.495 e. The van der Waals surface area contributed by atoms with Crippen molar-refractivity contribution in [2.45, 2.75) is 51.2 Å². The number of amides is 2. The number of benzene rings is 3. The first-order chi connectivity index (χ1) is 19.1. The van der Waals surface area contributed by atoms with Gasteiger partial charge in [-0.1, -0.05) is 60.5 Å². The van der Waals surface area contributed by atoms with Crippen molar-refractivity contribution >= 4 is 28.5 Å². The predicted molar refractivity (Wildman–Crippen MR) is 149 cm³/mol. The highest BCUT2D eigenvalue weighted by Crippen LogP contribution is 2.38. The Bertz CT molecular complexity index is 1450. The van der Waals surface area contributed by atoms with Crippen molar-refractivity contribution in [3.63, 3.8) is 0 Å². The van der Waals surface area contributed by atoms with Gasteiger partial charge in [0, 0.05) is 11.6 Å². The standard InChI is InChI=1S/C30H33N5O4/c1-3-39-26-18-10-6-14-22(26)29(30(37)31-21-12-4-5-13-21)35(25-17-9-11-19-27(25)38-2)28(36)20-34-24-16-8-7-15-23(24)32-33-34/h6-11,14-19,21,29H,3-5,12-13,20H2,1-2H3,(H,31,37)/t29-/m0/s1. The van der Waals surface area contributed by atoms with Gasteiger partial charge >= 0.3 is 0 Å². The second-order valence-electron chi connectivity index (χ2n) is 9.53. The van der Waals surface area contributed by atoms with Gasteiger partial charge in [0.25, 0.3) is 0 Å². The van der Waals surface area contributed by atoms with Gasteiger partial charge in [-0.2, -0.15) is 0 Å². The highest BCUT2D eigenvalue weighted by Gasteiger charge is 2.37. The Kier molecular flexibility index (Phi) is 8.05. The molecule has 1 aliphatic rings. The monoisotopic (exact) mass is 527 g/mol. The summed E-state index contributed by atoms with van der Waals surface area (Å²) in [5.74, 6) is 0.414. The molecule has 0 spiro atoms. The summed E-state index contributed by atoms with van der Waals surface area (Å²) < 4.78 is 13.2. The Labute approximate surface area is 227 Å². The number of rotatable bonds is 10. The molecule has 1 saturated carbocycles. The van der Waals surface area contributed by atoms with E-state index in [4.69, 9.17) is 9.47 Å². The Morgan fingerprint density at radius 3 is 2.46 bits per heavy atom. The SMILES string of the molecule is CCOc1ccccc1[C@@H](C(=O)NC1CCCC1)N(C(=O)Cn1nnc2ccccc21)c1ccccc1OC. The number of nitrogens with zero attached hydrogens (tertiary/aromatic N) is 4. The van der Waals surface area contributed by atoms with Crippen LogP contribution in [0, 0.1) is 0 Å². The zero-order valence-corrected chi connectivity index (χ0v) is 22.2. The zero-order chi connectivity index (χ0) is 27.2. The molecular weight excluding hydrogens is 494 g/mol. The van der Waals surface area contributed by atoms with Crippen LogP contribution in [0.4, 0.5) is 5.69 Å². The highest BCUT2D eigenvalue weighted by atomic mass is 16.5. The second kappa shape index (κ2) is 12.0. The number of ether oxygens (including phenoxy) is 2. The summed E-state index contributed by atoms with van der Waals surface area (Å²) in [6.07, 6.45) is 3.97. The molecule has 1 fully saturated rings. The molecule has 1 N–H and O–H groups in total. The molecule has 202 valence electrons. The third-order valence-corrected chi connectivity index (χ3v) is 7.04. The molecule has 9 heteroatoms. The van der Waals surface area contributed by atoms with Gasteiger partial charge in [-0.15, -0.1) is 5.10 Å². The molecule has 0 aliphatic heterocycles. The third kappa shape index (κ3) is 5.57. The topological polar surface area (TPSA) is 98.6 Å². The summed E-state index contributed by atoms with van der Waals surface area (Å²) in [5.41, 5.74) is 2.49. The first kappa shape index (κ1) is 26.2. The Hall–Kier alpha value is -4.40. The second-order valence-corrected chi connectivity index (χ2v) is 9.53. The van der Waals surface area contributed by atoms with Crippen molar-refractivity contribution in [2.24, 2.45) is 0 Å². The number of aromatic nitrogens is 3. The number of para-hydroxylation sites is 4. The fraction of sp³-hybridized carbons (Fsp3) is 0.333. The number of anilines is 1. The summed E-state index contributed by atoms with van der Waals surface area (Å²) in [5, 5.41) is 11.6. The van der Waals surface area contributed by atoms with Gasteiger partial charge in [-0.25, -0.2) is 4.68 Å². The molecule has 1 aromatic heterocycles. The van der Waals surface area contributed by atoms with Gasteiger partial charge in [-0.05, 0) is 50.1 Å². The van der Waals surface area contributed by atoms with Gasteiger partial charge in [0.15, 0.2) is 0 Å². The molecule has 1 atom stereocenters. The van der Waals surface area contributed by atoms with E-state index in [1.165, 1.54) is 4.90 Å². The van der Waals surface area contributed by atoms with Crippen LogP contribution < -0.4 is 19.7 Å². The van der Waals surface area contributed by atoms with Crippen LogP contribution >= 0.6 is 0 Å². The van der Waals surface area contributed by atoms with Crippen LogP contribution in [-0.2, 0) is 16.1 Å². The molecule has 1 heterocycles. The summed E-state index contributed by atoms with van der Waals surface area (Å²) in [6, 6.07) is 21.1. The highest BCUT2D eigenvalue weighted by molar-refractivity contribution is 6.03. The summed E-state index contributed by atoms with van der Waals surface area (Å²) in [7, 11) is 1.55. The maximum Gasteiger partial charge on any atom is 0.249 e. The predicted octanol–water partition coefficient (Wildman–Crippen LogP) is 4.67. The maximum absolute atomic E-state index is 14.3. The van der Waals surface area contributed by atoms with Crippen LogP contribution in [0.3, 0.4) is 0 Å². The number of carbonyl (C=O) groups excluding carboxylic acids is 2. The van der Waals surface area contributed by atoms with Crippen molar-refractivity contribution in [3.8, 4) is 11.5 Å². The minimum atomic E-state index is -1.01. The maximum atomic E-state index is 14.3. The molecule has 3 aromatic carbocycles. The minimum absolute atomic E-state index is 0.0631. The van der Waals surface area contributed by atoms with Crippen molar-refractivity contribution in [1.82, 2.24) is 20.3 Å². The van der Waals surface area contributed by atoms with Crippen LogP contribution in [-0.4, -0.2) is 46.6 Å². The molecule has 2 amide bonds. The van der Waals surface area contributed by atoms with Crippen molar-refractivity contribution in [1.29, 1.82) is 0 Å². The lowest BCUT2D eigenvalue weighted by Gasteiger charge is -2.33. The average Bonchev–Trinajstić information content (AvgIpc) is 3.62. The van der Waals surface area contributed by atoms with Crippen LogP contribution in [0.15, 0.2) is 72.8 Å². The fourth-order valence-electron chi connectivity index (χ4n) is 5.23. The van der Waals surface area contributed by atoms with Crippen LogP contribution in [0.5, 0.6) is 11.5 Å². The molecule has 39 heavy (non-hydrogen) atoms. The number of hydrogen-bond acceptors (Lipinski definition) is 6. The number of carbonyl (C=O) groups is 2. The van der Waals surface area contributed by atoms with Gasteiger partial charge in [0.2, 0.25) is 11.8 Å². The smallest absolute Gasteiger partial charge is 0.249 e. The van der Waals surface area contributed by atoms with Crippen LogP contribution in [0.1, 0.15) is 44.2 Å². The van der Waals surface area contributed by atoms with E-state index in [9.17, 15) is 9.59 Å². The lowest BCUT2D eigenvalue weighted by molar-refractivity contribution is -0.127. The Morgan fingerprint density at radius 2 is 1.69 bits per heavy atom. The molecule has 0 unspecified atom stereocenters. The molecule has 0 saturated heterocycles. The molecular formula is C30H33N5O4. The average molecular weight is 528 g/mol. The van der Waals surface area contributed by atoms with Crippen LogP contribution in [0.2, 0.25) is 0 Å². The van der Waals surface area contributed by atoms with E-state index in [1.54, 1.807) is 23.9 Å². The van der Waals surface area contributed by atoms with Gasteiger partial charge in [-0.3, -0.25) is 14.5 Å². The fourth-order valence-corrected chi connectivity index (χ4v) is 5.23. The summed E-state index contributed by atoms with van der Waals surface area (Å²) in [6.45, 7) is 2.19. The van der Waals surface area contributed by atoms with Crippen molar-refractivity contribution in [2.75, 3.05) is 18.6 Å². The molecule has 5 rings (SSSR count). The van der Waals surface area contributed by atoms with E-state index in [1.807, 2.05) is 67.6 Å². The Balaban J connectivity index is 1.63. The van der Waals surface area contributed by atoms with Gasteiger partial charge < -0.3 is 14.8 Å². The minimum Gasteiger partial charge on any atom is -0.495 e. The van der Waals surface area contributed by atoms with E-state index < -0.39 is 6.04 Å². The van der Waals surface area contributed by atoms with Gasteiger partial charge in [0.1, 0.15) is 29.6 Å². The van der Waals surface area contributed by atoms with Crippen molar-refractivity contribution < 1.29 is 19.1 Å². The lowest BCUT2D eigenvalue weighted by atomic mass is 10.0. The van der Waals surface area contributed by atoms with E-state index in [-0.39, 0.29) is 24.4 Å². The van der Waals surface area contributed by atoms with Crippen molar-refractivity contribution in [3.05, 3.63) is 78.4 Å². The normalized spacial score (nSPS) is 14.2. The Morgan fingerprint density at radius 1 is 1.00 bits per heavy atom. The number of hydrogen-bond donors (Lipinski definition) is 1. The molecule has 4 aromatic rings.